The Balaban J connectivity index is 2.05. The Kier molecular flexibility index (Phi) is 5.00. The third kappa shape index (κ3) is 4.11. The average molecular weight is 315 g/mol. The number of phenols is 1. The summed E-state index contributed by atoms with van der Waals surface area (Å²) in [4.78, 5) is 21.8. The number of nitrogens with zero attached hydrogens (tertiary/aromatic N) is 2. The van der Waals surface area contributed by atoms with Crippen molar-refractivity contribution in [2.75, 3.05) is 0 Å². The Labute approximate surface area is 130 Å². The van der Waals surface area contributed by atoms with Gasteiger partial charge in [-0.3, -0.25) is 14.9 Å². The van der Waals surface area contributed by atoms with E-state index < -0.39 is 16.9 Å². The number of nitro groups is 1. The summed E-state index contributed by atoms with van der Waals surface area (Å²) in [6, 6.07) is 11.7. The van der Waals surface area contributed by atoms with Crippen LogP contribution in [0.3, 0.4) is 0 Å². The first-order valence-corrected chi connectivity index (χ1v) is 6.52. The Bertz CT molecular complexity index is 746. The van der Waals surface area contributed by atoms with Crippen LogP contribution in [0.1, 0.15) is 17.2 Å². The first-order valence-electron chi connectivity index (χ1n) is 6.52. The number of aliphatic hydroxyl groups is 1. The van der Waals surface area contributed by atoms with Crippen LogP contribution in [-0.4, -0.2) is 27.3 Å². The number of nitrogens with one attached hydrogen (secondary N) is 1. The van der Waals surface area contributed by atoms with Gasteiger partial charge in [-0.05, 0) is 11.6 Å². The van der Waals surface area contributed by atoms with Crippen LogP contribution in [0, 0.1) is 10.1 Å². The molecule has 2 rings (SSSR count). The zero-order valence-electron chi connectivity index (χ0n) is 11.8. The summed E-state index contributed by atoms with van der Waals surface area (Å²) in [5.41, 5.74) is 2.35. The number of rotatable bonds is 5. The molecule has 1 atom stereocenters. The van der Waals surface area contributed by atoms with Crippen LogP contribution >= 0.6 is 0 Å². The van der Waals surface area contributed by atoms with Crippen molar-refractivity contribution in [3.8, 4) is 5.75 Å². The summed E-state index contributed by atoms with van der Waals surface area (Å²) in [6.45, 7) is 0. The molecule has 8 heteroatoms. The van der Waals surface area contributed by atoms with E-state index in [2.05, 4.69) is 10.5 Å². The molecule has 2 aromatic carbocycles. The van der Waals surface area contributed by atoms with Gasteiger partial charge in [-0.2, -0.15) is 5.10 Å². The molecule has 0 spiro atoms. The Hall–Kier alpha value is -3.26. The smallest absolute Gasteiger partial charge is 0.273 e. The van der Waals surface area contributed by atoms with E-state index in [4.69, 9.17) is 0 Å². The molecule has 0 aliphatic rings. The molecule has 8 nitrogen and oxygen atoms in total. The van der Waals surface area contributed by atoms with Crippen molar-refractivity contribution in [1.29, 1.82) is 0 Å². The number of carbonyl (C=O) groups excluding carboxylic acids is 1. The van der Waals surface area contributed by atoms with Gasteiger partial charge in [0.05, 0.1) is 11.1 Å². The quantitative estimate of drug-likeness (QED) is 0.438. The van der Waals surface area contributed by atoms with Crippen LogP contribution in [0.5, 0.6) is 5.75 Å². The molecule has 3 N–H and O–H groups in total. The lowest BCUT2D eigenvalue weighted by molar-refractivity contribution is -0.384. The monoisotopic (exact) mass is 315 g/mol. The maximum Gasteiger partial charge on any atom is 0.273 e. The number of nitro benzene ring substituents is 1. The second-order valence-corrected chi connectivity index (χ2v) is 4.55. The van der Waals surface area contributed by atoms with Crippen LogP contribution in [-0.2, 0) is 4.79 Å². The number of hydrazone groups is 1. The van der Waals surface area contributed by atoms with Crippen molar-refractivity contribution in [3.05, 3.63) is 69.8 Å². The van der Waals surface area contributed by atoms with Crippen LogP contribution in [0.15, 0.2) is 53.6 Å². The predicted octanol–water partition coefficient (Wildman–Crippen LogP) is 1.48. The summed E-state index contributed by atoms with van der Waals surface area (Å²) >= 11 is 0. The second kappa shape index (κ2) is 7.14. The highest BCUT2D eigenvalue weighted by Crippen LogP contribution is 2.21. The van der Waals surface area contributed by atoms with Gasteiger partial charge >= 0.3 is 0 Å². The Morgan fingerprint density at radius 1 is 1.26 bits per heavy atom. The molecule has 0 saturated heterocycles. The molecule has 1 unspecified atom stereocenters. The van der Waals surface area contributed by atoms with E-state index in [0.717, 1.165) is 24.4 Å². The highest BCUT2D eigenvalue weighted by atomic mass is 16.6. The lowest BCUT2D eigenvalue weighted by Gasteiger charge is -2.08. The zero-order chi connectivity index (χ0) is 16.8. The minimum absolute atomic E-state index is 0.0636. The van der Waals surface area contributed by atoms with E-state index in [9.17, 15) is 25.1 Å². The molecule has 0 aliphatic carbocycles. The molecule has 0 aliphatic heterocycles. The number of benzene rings is 2. The third-order valence-electron chi connectivity index (χ3n) is 2.96. The first-order chi connectivity index (χ1) is 11.0. The number of amides is 1. The minimum Gasteiger partial charge on any atom is -0.507 e. The van der Waals surface area contributed by atoms with E-state index in [1.165, 1.54) is 0 Å². The van der Waals surface area contributed by atoms with Gasteiger partial charge in [0.2, 0.25) is 0 Å². The minimum atomic E-state index is -1.40. The highest BCUT2D eigenvalue weighted by molar-refractivity contribution is 5.87. The molecule has 23 heavy (non-hydrogen) atoms. The Morgan fingerprint density at radius 2 is 1.96 bits per heavy atom. The van der Waals surface area contributed by atoms with Gasteiger partial charge in [-0.1, -0.05) is 30.3 Å². The topological polar surface area (TPSA) is 125 Å². The maximum absolute atomic E-state index is 11.7. The molecule has 0 radical (unpaired) electrons. The van der Waals surface area contributed by atoms with Gasteiger partial charge in [-0.15, -0.1) is 0 Å². The van der Waals surface area contributed by atoms with Gasteiger partial charge in [0.15, 0.2) is 6.10 Å². The van der Waals surface area contributed by atoms with E-state index in [1.807, 2.05) is 0 Å². The lowest BCUT2D eigenvalue weighted by atomic mass is 10.1. The largest absolute Gasteiger partial charge is 0.507 e. The van der Waals surface area contributed by atoms with Crippen LogP contribution in [0.4, 0.5) is 5.69 Å². The first kappa shape index (κ1) is 16.1. The van der Waals surface area contributed by atoms with Gasteiger partial charge in [0, 0.05) is 17.7 Å². The number of aliphatic hydroxyl groups excluding tert-OH is 1. The number of phenolic OH excluding ortho intramolecular Hbond substituents is 1. The molecule has 0 fully saturated rings. The van der Waals surface area contributed by atoms with Crippen molar-refractivity contribution < 1.29 is 19.9 Å². The van der Waals surface area contributed by atoms with E-state index in [-0.39, 0.29) is 17.0 Å². The molecule has 1 amide bonds. The SMILES string of the molecule is O=C(NN=Cc1cc([N+](=O)[O-])ccc1O)C(O)c1ccccc1. The number of non-ortho nitro benzene ring substituents is 1. The highest BCUT2D eigenvalue weighted by Gasteiger charge is 2.16. The lowest BCUT2D eigenvalue weighted by Crippen LogP contribution is -2.25. The fourth-order valence-corrected chi connectivity index (χ4v) is 1.77. The number of carbonyl (C=O) groups is 1. The summed E-state index contributed by atoms with van der Waals surface area (Å²) in [7, 11) is 0. The van der Waals surface area contributed by atoms with Crippen molar-refractivity contribution in [3.63, 3.8) is 0 Å². The van der Waals surface area contributed by atoms with Gasteiger partial charge in [-0.25, -0.2) is 5.43 Å². The summed E-state index contributed by atoms with van der Waals surface area (Å²) < 4.78 is 0. The molecule has 2 aromatic rings. The van der Waals surface area contributed by atoms with E-state index >= 15 is 0 Å². The zero-order valence-corrected chi connectivity index (χ0v) is 11.8. The van der Waals surface area contributed by atoms with Gasteiger partial charge in [0.25, 0.3) is 11.6 Å². The number of aromatic hydroxyl groups is 1. The molecular formula is C15H13N3O5. The number of hydrogen-bond donors (Lipinski definition) is 3. The molecule has 0 bridgehead atoms. The molecule has 0 aromatic heterocycles. The molecule has 118 valence electrons. The number of hydrogen-bond acceptors (Lipinski definition) is 6. The van der Waals surface area contributed by atoms with Crippen molar-refractivity contribution in [1.82, 2.24) is 5.43 Å². The summed E-state index contributed by atoms with van der Waals surface area (Å²) in [5, 5.41) is 33.7. The standard InChI is InChI=1S/C15H13N3O5/c19-13-7-6-12(18(22)23)8-11(13)9-16-17-15(21)14(20)10-4-2-1-3-5-10/h1-9,14,19-20H,(H,17,21). The van der Waals surface area contributed by atoms with Gasteiger partial charge < -0.3 is 10.2 Å². The fraction of sp³-hybridized carbons (Fsp3) is 0.0667. The second-order valence-electron chi connectivity index (χ2n) is 4.55. The van der Waals surface area contributed by atoms with Gasteiger partial charge in [0.1, 0.15) is 5.75 Å². The molecular weight excluding hydrogens is 302 g/mol. The summed E-state index contributed by atoms with van der Waals surface area (Å²) in [6.07, 6.45) is -0.343. The third-order valence-corrected chi connectivity index (χ3v) is 2.96. The van der Waals surface area contributed by atoms with E-state index in [1.54, 1.807) is 30.3 Å². The normalized spacial score (nSPS) is 12.0. The van der Waals surface area contributed by atoms with Crippen molar-refractivity contribution in [2.24, 2.45) is 5.10 Å². The summed E-state index contributed by atoms with van der Waals surface area (Å²) in [5.74, 6) is -0.991. The average Bonchev–Trinajstić information content (AvgIpc) is 2.56. The van der Waals surface area contributed by atoms with E-state index in [0.29, 0.717) is 5.56 Å². The van der Waals surface area contributed by atoms with Crippen LogP contribution < -0.4 is 5.43 Å². The molecule has 0 heterocycles. The van der Waals surface area contributed by atoms with Crippen LogP contribution in [0.2, 0.25) is 0 Å². The molecule has 0 saturated carbocycles. The predicted molar refractivity (Wildman–Crippen MR) is 81.9 cm³/mol. The fourth-order valence-electron chi connectivity index (χ4n) is 1.77. The van der Waals surface area contributed by atoms with Crippen molar-refractivity contribution in [2.45, 2.75) is 6.10 Å². The van der Waals surface area contributed by atoms with Crippen molar-refractivity contribution >= 4 is 17.8 Å². The van der Waals surface area contributed by atoms with Crippen LogP contribution in [0.25, 0.3) is 0 Å². The Morgan fingerprint density at radius 3 is 2.61 bits per heavy atom. The maximum atomic E-state index is 11.7.